The lowest BCUT2D eigenvalue weighted by Crippen LogP contribution is -2.21. The number of hydrogen-bond donors (Lipinski definition) is 0. The zero-order valence-electron chi connectivity index (χ0n) is 8.74. The van der Waals surface area contributed by atoms with Gasteiger partial charge in [-0.15, -0.1) is 0 Å². The predicted molar refractivity (Wildman–Crippen MR) is 52.2 cm³/mol. The summed E-state index contributed by atoms with van der Waals surface area (Å²) >= 11 is 0. The van der Waals surface area contributed by atoms with Gasteiger partial charge in [0.25, 0.3) is 0 Å². The third-order valence-electron chi connectivity index (χ3n) is 2.55. The van der Waals surface area contributed by atoms with Gasteiger partial charge in [0.2, 0.25) is 0 Å². The van der Waals surface area contributed by atoms with E-state index in [9.17, 15) is 0 Å². The van der Waals surface area contributed by atoms with E-state index in [4.69, 9.17) is 4.74 Å². The van der Waals surface area contributed by atoms with Crippen LogP contribution in [0.1, 0.15) is 40.5 Å². The minimum atomic E-state index is 0.297. The second-order valence-corrected chi connectivity index (χ2v) is 4.49. The highest BCUT2D eigenvalue weighted by Gasteiger charge is 2.22. The average Bonchev–Trinajstić information content (AvgIpc) is 2.03. The molecule has 12 heavy (non-hydrogen) atoms. The first-order chi connectivity index (χ1) is 5.55. The molecular formula is C11H20O. The number of ether oxygens (including phenoxy) is 1. The van der Waals surface area contributed by atoms with Crippen molar-refractivity contribution in [1.29, 1.82) is 0 Å². The first-order valence-corrected chi connectivity index (χ1v) is 4.85. The summed E-state index contributed by atoms with van der Waals surface area (Å²) in [5.74, 6) is 0. The summed E-state index contributed by atoms with van der Waals surface area (Å²) in [6, 6.07) is 0. The molecule has 0 fully saturated rings. The fourth-order valence-corrected chi connectivity index (χ4v) is 1.76. The molecule has 0 amide bonds. The van der Waals surface area contributed by atoms with E-state index in [1.54, 1.807) is 5.57 Å². The van der Waals surface area contributed by atoms with Crippen molar-refractivity contribution in [2.75, 3.05) is 13.2 Å². The highest BCUT2D eigenvalue weighted by molar-refractivity contribution is 5.22. The van der Waals surface area contributed by atoms with Crippen molar-refractivity contribution >= 4 is 0 Å². The molecule has 0 unspecified atom stereocenters. The molecule has 0 saturated heterocycles. The third-order valence-corrected chi connectivity index (χ3v) is 2.55. The molecule has 1 heteroatoms. The van der Waals surface area contributed by atoms with Crippen LogP contribution in [0, 0.1) is 5.41 Å². The van der Waals surface area contributed by atoms with Crippen LogP contribution in [0.4, 0.5) is 0 Å². The fourth-order valence-electron chi connectivity index (χ4n) is 1.76. The van der Waals surface area contributed by atoms with E-state index < -0.39 is 0 Å². The molecule has 0 aliphatic carbocycles. The molecule has 0 radical (unpaired) electrons. The average molecular weight is 168 g/mol. The van der Waals surface area contributed by atoms with Crippen molar-refractivity contribution in [3.63, 3.8) is 0 Å². The Labute approximate surface area is 75.8 Å². The fraction of sp³-hybridized carbons (Fsp3) is 0.818. The standard InChI is InChI=1S/C11H20O/c1-5-9-6-7-12-8-10(9)11(2,3)4/h5-8H2,1-4H3. The predicted octanol–water partition coefficient (Wildman–Crippen LogP) is 3.16. The van der Waals surface area contributed by atoms with Gasteiger partial charge in [-0.3, -0.25) is 0 Å². The lowest BCUT2D eigenvalue weighted by molar-refractivity contribution is 0.130. The molecule has 0 N–H and O–H groups in total. The molecule has 1 nitrogen and oxygen atoms in total. The lowest BCUT2D eigenvalue weighted by atomic mass is 9.81. The highest BCUT2D eigenvalue weighted by atomic mass is 16.5. The van der Waals surface area contributed by atoms with Crippen LogP contribution in [0.5, 0.6) is 0 Å². The molecule has 0 saturated carbocycles. The summed E-state index contributed by atoms with van der Waals surface area (Å²) in [5, 5.41) is 0. The van der Waals surface area contributed by atoms with Gasteiger partial charge in [-0.05, 0) is 23.8 Å². The van der Waals surface area contributed by atoms with Crippen LogP contribution < -0.4 is 0 Å². The summed E-state index contributed by atoms with van der Waals surface area (Å²) in [6.07, 6.45) is 2.33. The Morgan fingerprint density at radius 2 is 2.00 bits per heavy atom. The van der Waals surface area contributed by atoms with E-state index in [1.807, 2.05) is 0 Å². The van der Waals surface area contributed by atoms with Gasteiger partial charge in [0.1, 0.15) is 0 Å². The van der Waals surface area contributed by atoms with E-state index in [-0.39, 0.29) is 0 Å². The van der Waals surface area contributed by atoms with Crippen molar-refractivity contribution in [3.8, 4) is 0 Å². The molecule has 0 bridgehead atoms. The molecule has 0 atom stereocenters. The highest BCUT2D eigenvalue weighted by Crippen LogP contribution is 2.32. The maximum atomic E-state index is 5.48. The van der Waals surface area contributed by atoms with Crippen LogP contribution in [-0.2, 0) is 4.74 Å². The van der Waals surface area contributed by atoms with Crippen LogP contribution in [0.3, 0.4) is 0 Å². The Morgan fingerprint density at radius 3 is 2.42 bits per heavy atom. The Balaban J connectivity index is 2.87. The van der Waals surface area contributed by atoms with Crippen LogP contribution in [-0.4, -0.2) is 13.2 Å². The molecule has 0 aromatic rings. The van der Waals surface area contributed by atoms with Crippen molar-refractivity contribution in [1.82, 2.24) is 0 Å². The molecule has 1 rings (SSSR count). The quantitative estimate of drug-likeness (QED) is 0.546. The van der Waals surface area contributed by atoms with Gasteiger partial charge in [-0.25, -0.2) is 0 Å². The van der Waals surface area contributed by atoms with E-state index in [0.29, 0.717) is 5.41 Å². The van der Waals surface area contributed by atoms with Gasteiger partial charge in [0, 0.05) is 0 Å². The minimum absolute atomic E-state index is 0.297. The Morgan fingerprint density at radius 1 is 1.33 bits per heavy atom. The first kappa shape index (κ1) is 9.79. The largest absolute Gasteiger partial charge is 0.377 e. The third kappa shape index (κ3) is 2.10. The normalized spacial score (nSPS) is 20.0. The SMILES string of the molecule is CCC1=C(C(C)(C)C)COCC1. The monoisotopic (exact) mass is 168 g/mol. The zero-order valence-corrected chi connectivity index (χ0v) is 8.74. The number of rotatable bonds is 1. The van der Waals surface area contributed by atoms with Crippen molar-refractivity contribution in [3.05, 3.63) is 11.1 Å². The zero-order chi connectivity index (χ0) is 9.19. The summed E-state index contributed by atoms with van der Waals surface area (Å²) < 4.78 is 5.48. The van der Waals surface area contributed by atoms with Crippen LogP contribution in [0.2, 0.25) is 0 Å². The molecule has 1 aliphatic heterocycles. The Bertz CT molecular complexity index is 184. The molecular weight excluding hydrogens is 148 g/mol. The smallest absolute Gasteiger partial charge is 0.0684 e. The van der Waals surface area contributed by atoms with Gasteiger partial charge < -0.3 is 4.74 Å². The van der Waals surface area contributed by atoms with Gasteiger partial charge >= 0.3 is 0 Å². The molecule has 70 valence electrons. The minimum Gasteiger partial charge on any atom is -0.377 e. The maximum absolute atomic E-state index is 5.48. The van der Waals surface area contributed by atoms with E-state index in [2.05, 4.69) is 27.7 Å². The molecule has 0 aromatic carbocycles. The maximum Gasteiger partial charge on any atom is 0.0684 e. The van der Waals surface area contributed by atoms with Crippen molar-refractivity contribution < 1.29 is 4.74 Å². The number of hydrogen-bond acceptors (Lipinski definition) is 1. The van der Waals surface area contributed by atoms with Gasteiger partial charge in [0.05, 0.1) is 13.2 Å². The first-order valence-electron chi connectivity index (χ1n) is 4.85. The molecule has 1 aliphatic rings. The lowest BCUT2D eigenvalue weighted by Gasteiger charge is -2.30. The second-order valence-electron chi connectivity index (χ2n) is 4.49. The summed E-state index contributed by atoms with van der Waals surface area (Å²) in [4.78, 5) is 0. The summed E-state index contributed by atoms with van der Waals surface area (Å²) in [5.41, 5.74) is 3.44. The Kier molecular flexibility index (Phi) is 2.94. The van der Waals surface area contributed by atoms with Crippen molar-refractivity contribution in [2.45, 2.75) is 40.5 Å². The Hall–Kier alpha value is -0.300. The van der Waals surface area contributed by atoms with Crippen LogP contribution >= 0.6 is 0 Å². The molecule has 1 heterocycles. The van der Waals surface area contributed by atoms with E-state index in [0.717, 1.165) is 19.6 Å². The van der Waals surface area contributed by atoms with E-state index >= 15 is 0 Å². The van der Waals surface area contributed by atoms with Gasteiger partial charge in [-0.1, -0.05) is 33.3 Å². The molecule has 0 spiro atoms. The summed E-state index contributed by atoms with van der Waals surface area (Å²) in [7, 11) is 0. The summed E-state index contributed by atoms with van der Waals surface area (Å²) in [6.45, 7) is 10.8. The second kappa shape index (κ2) is 3.61. The van der Waals surface area contributed by atoms with Crippen molar-refractivity contribution in [2.24, 2.45) is 5.41 Å². The topological polar surface area (TPSA) is 9.23 Å². The van der Waals surface area contributed by atoms with Crippen LogP contribution in [0.15, 0.2) is 11.1 Å². The molecule has 0 aromatic heterocycles. The van der Waals surface area contributed by atoms with Gasteiger partial charge in [-0.2, -0.15) is 0 Å². The van der Waals surface area contributed by atoms with Crippen LogP contribution in [0.25, 0.3) is 0 Å². The van der Waals surface area contributed by atoms with Gasteiger partial charge in [0.15, 0.2) is 0 Å². The van der Waals surface area contributed by atoms with E-state index in [1.165, 1.54) is 12.0 Å².